The van der Waals surface area contributed by atoms with Gasteiger partial charge in [0.05, 0.1) is 6.61 Å². The van der Waals surface area contributed by atoms with Gasteiger partial charge in [-0.25, -0.2) is 13.9 Å². The predicted molar refractivity (Wildman–Crippen MR) is 102 cm³/mol. The minimum Gasteiger partial charge on any atom is -0.403 e. The number of phosphoric ester groups is 1. The molecule has 1 fully saturated rings. The van der Waals surface area contributed by atoms with Gasteiger partial charge < -0.3 is 19.5 Å². The summed E-state index contributed by atoms with van der Waals surface area (Å²) in [4.78, 5) is 25.7. The molecule has 3 unspecified atom stereocenters. The van der Waals surface area contributed by atoms with Crippen LogP contribution in [0.15, 0.2) is 34.0 Å². The molecule has 0 saturated carbocycles. The van der Waals surface area contributed by atoms with E-state index in [0.717, 1.165) is 4.57 Å². The second-order valence-electron chi connectivity index (χ2n) is 7.26. The molecule has 3 atom stereocenters. The van der Waals surface area contributed by atoms with Crippen LogP contribution in [0.2, 0.25) is 0 Å². The van der Waals surface area contributed by atoms with Crippen molar-refractivity contribution in [2.75, 3.05) is 0 Å². The van der Waals surface area contributed by atoms with E-state index < -0.39 is 37.4 Å². The molecule has 12 heteroatoms. The number of para-hydroxylation sites is 1. The Kier molecular flexibility index (Phi) is 5.21. The van der Waals surface area contributed by atoms with Crippen LogP contribution in [-0.2, 0) is 25.0 Å². The van der Waals surface area contributed by atoms with Crippen molar-refractivity contribution in [3.63, 3.8) is 0 Å². The van der Waals surface area contributed by atoms with Gasteiger partial charge in [-0.15, -0.1) is 0 Å². The van der Waals surface area contributed by atoms with E-state index in [-0.39, 0.29) is 19.4 Å². The van der Waals surface area contributed by atoms with Crippen molar-refractivity contribution in [1.82, 2.24) is 9.55 Å². The van der Waals surface area contributed by atoms with Crippen molar-refractivity contribution < 1.29 is 33.1 Å². The summed E-state index contributed by atoms with van der Waals surface area (Å²) in [5.74, 6) is -2.71. The lowest BCUT2D eigenvalue weighted by atomic mass is 10.1. The number of phosphoric acid groups is 1. The molecule has 0 amide bonds. The lowest BCUT2D eigenvalue weighted by Crippen LogP contribution is -2.45. The highest BCUT2D eigenvalue weighted by Gasteiger charge is 2.51. The summed E-state index contributed by atoms with van der Waals surface area (Å²) in [6, 6.07) is 5.26. The van der Waals surface area contributed by atoms with Crippen LogP contribution in [0, 0.1) is 13.8 Å². The van der Waals surface area contributed by atoms with Gasteiger partial charge in [0.2, 0.25) is 0 Å². The summed E-state index contributed by atoms with van der Waals surface area (Å²) in [5, 5.41) is 20.8. The molecule has 30 heavy (non-hydrogen) atoms. The first-order valence-electron chi connectivity index (χ1n) is 9.24. The Morgan fingerprint density at radius 1 is 1.23 bits per heavy atom. The zero-order chi connectivity index (χ0) is 21.7. The summed E-state index contributed by atoms with van der Waals surface area (Å²) in [7, 11) is -4.36. The molecule has 3 heterocycles. The fourth-order valence-corrected chi connectivity index (χ4v) is 4.79. The first kappa shape index (κ1) is 21.0. The predicted octanol–water partition coefficient (Wildman–Crippen LogP) is 1.20. The third-order valence-corrected chi connectivity index (χ3v) is 6.34. The quantitative estimate of drug-likeness (QED) is 0.471. The number of nitrogens with zero attached hydrogens (tertiary/aromatic N) is 1. The largest absolute Gasteiger partial charge is 0.534 e. The van der Waals surface area contributed by atoms with Crippen LogP contribution in [0.5, 0.6) is 5.75 Å². The molecule has 1 aromatic heterocycles. The van der Waals surface area contributed by atoms with Crippen LogP contribution in [0.4, 0.5) is 0 Å². The number of ether oxygens (including phenoxy) is 1. The molecule has 3 N–H and O–H groups in total. The number of hydrogen-bond donors (Lipinski definition) is 3. The molecular formula is C18H21N2O9P. The van der Waals surface area contributed by atoms with Crippen molar-refractivity contribution >= 4 is 7.82 Å². The molecule has 0 bridgehead atoms. The van der Waals surface area contributed by atoms with Crippen LogP contribution < -0.4 is 15.8 Å². The maximum Gasteiger partial charge on any atom is 0.534 e. The number of aromatic nitrogens is 2. The number of aromatic amines is 1. The van der Waals surface area contributed by atoms with Gasteiger partial charge in [0.25, 0.3) is 5.56 Å². The Hall–Kier alpha value is -2.27. The van der Waals surface area contributed by atoms with Gasteiger partial charge in [-0.2, -0.15) is 0 Å². The van der Waals surface area contributed by atoms with Gasteiger partial charge in [-0.3, -0.25) is 18.9 Å². The Morgan fingerprint density at radius 2 is 2.00 bits per heavy atom. The summed E-state index contributed by atoms with van der Waals surface area (Å²) in [6.07, 6.45) is -0.621. The van der Waals surface area contributed by atoms with Crippen molar-refractivity contribution in [3.05, 3.63) is 61.9 Å². The van der Waals surface area contributed by atoms with Crippen LogP contribution in [-0.4, -0.2) is 31.8 Å². The Labute approximate surface area is 170 Å². The van der Waals surface area contributed by atoms with E-state index in [4.69, 9.17) is 18.3 Å². The van der Waals surface area contributed by atoms with E-state index in [0.29, 0.717) is 22.4 Å². The zero-order valence-corrected chi connectivity index (χ0v) is 17.1. The highest BCUT2D eigenvalue weighted by atomic mass is 31.2. The maximum absolute atomic E-state index is 12.9. The van der Waals surface area contributed by atoms with Gasteiger partial charge in [0.15, 0.2) is 0 Å². The topological polar surface area (TPSA) is 149 Å². The molecular weight excluding hydrogens is 419 g/mol. The number of aryl methyl sites for hydroxylation is 2. The first-order valence-corrected chi connectivity index (χ1v) is 10.7. The summed E-state index contributed by atoms with van der Waals surface area (Å²) in [6.45, 7) is 3.18. The SMILES string of the molecule is Cc1cccc2c1OP(=O)(OC(O)(O)C1CCC(n3cc(C)c(=O)[nH]c3=O)O1)OC2. The number of fused-ring (bicyclic) bond motifs is 1. The standard InChI is InChI=1S/C18H21N2O9P/c1-10-4-3-5-12-9-26-30(25,28-15(10)12)29-18(23,24)13-6-7-14(27-13)20-8-11(2)16(21)19-17(20)22/h3-5,8,13-14,23-24H,6-7,9H2,1-2H3,(H,19,21,22). The van der Waals surface area contributed by atoms with E-state index in [1.165, 1.54) is 13.1 Å². The van der Waals surface area contributed by atoms with Crippen LogP contribution in [0.1, 0.15) is 35.8 Å². The Morgan fingerprint density at radius 3 is 2.77 bits per heavy atom. The first-order chi connectivity index (χ1) is 14.1. The summed E-state index contributed by atoms with van der Waals surface area (Å²) >= 11 is 0. The fraction of sp³-hybridized carbons (Fsp3) is 0.444. The highest BCUT2D eigenvalue weighted by Crippen LogP contribution is 2.57. The van der Waals surface area contributed by atoms with Crippen molar-refractivity contribution in [2.24, 2.45) is 0 Å². The number of benzene rings is 1. The molecule has 0 aliphatic carbocycles. The summed E-state index contributed by atoms with van der Waals surface area (Å²) < 4.78 is 35.0. The second-order valence-corrected chi connectivity index (χ2v) is 8.78. The van der Waals surface area contributed by atoms with E-state index in [9.17, 15) is 24.4 Å². The van der Waals surface area contributed by atoms with Crippen molar-refractivity contribution in [2.45, 2.75) is 51.6 Å². The smallest absolute Gasteiger partial charge is 0.403 e. The van der Waals surface area contributed by atoms with Gasteiger partial charge in [0.1, 0.15) is 18.1 Å². The lowest BCUT2D eigenvalue weighted by molar-refractivity contribution is -0.349. The minimum atomic E-state index is -4.36. The van der Waals surface area contributed by atoms with Crippen LogP contribution in [0.3, 0.4) is 0 Å². The fourth-order valence-electron chi connectivity index (χ4n) is 3.41. The minimum absolute atomic E-state index is 0.0674. The average Bonchev–Trinajstić information content (AvgIpc) is 3.16. The van der Waals surface area contributed by atoms with E-state index in [1.54, 1.807) is 25.1 Å². The molecule has 11 nitrogen and oxygen atoms in total. The monoisotopic (exact) mass is 440 g/mol. The third kappa shape index (κ3) is 3.87. The second kappa shape index (κ2) is 7.45. The molecule has 2 aliphatic rings. The molecule has 2 aliphatic heterocycles. The van der Waals surface area contributed by atoms with Gasteiger partial charge >= 0.3 is 19.5 Å². The maximum atomic E-state index is 12.9. The van der Waals surface area contributed by atoms with Crippen LogP contribution in [0.25, 0.3) is 0 Å². The molecule has 1 saturated heterocycles. The third-order valence-electron chi connectivity index (χ3n) is 4.99. The molecule has 4 rings (SSSR count). The summed E-state index contributed by atoms with van der Waals surface area (Å²) in [5.41, 5.74) is 0.410. The van der Waals surface area contributed by atoms with Gasteiger partial charge in [0, 0.05) is 17.3 Å². The number of rotatable bonds is 4. The van der Waals surface area contributed by atoms with Crippen LogP contribution >= 0.6 is 7.82 Å². The number of aliphatic hydroxyl groups is 2. The van der Waals surface area contributed by atoms with E-state index >= 15 is 0 Å². The molecule has 0 radical (unpaired) electrons. The highest BCUT2D eigenvalue weighted by molar-refractivity contribution is 7.49. The van der Waals surface area contributed by atoms with Crippen molar-refractivity contribution in [1.29, 1.82) is 0 Å². The normalized spacial score (nSPS) is 26.3. The Bertz CT molecular complexity index is 1140. The van der Waals surface area contributed by atoms with Gasteiger partial charge in [-0.1, -0.05) is 18.2 Å². The van der Waals surface area contributed by atoms with Gasteiger partial charge in [-0.05, 0) is 32.3 Å². The Balaban J connectivity index is 1.50. The molecule has 0 spiro atoms. The zero-order valence-electron chi connectivity index (χ0n) is 16.2. The van der Waals surface area contributed by atoms with E-state index in [1.807, 2.05) is 0 Å². The molecule has 1 aromatic carbocycles. The molecule has 2 aromatic rings. The van der Waals surface area contributed by atoms with Crippen molar-refractivity contribution in [3.8, 4) is 5.75 Å². The average molecular weight is 440 g/mol. The lowest BCUT2D eigenvalue weighted by Gasteiger charge is -2.33. The van der Waals surface area contributed by atoms with E-state index in [2.05, 4.69) is 4.98 Å². The number of nitrogens with one attached hydrogen (secondary N) is 1. The number of H-pyrrole nitrogens is 1. The number of hydrogen-bond acceptors (Lipinski definition) is 9. The molecule has 162 valence electrons.